The van der Waals surface area contributed by atoms with Crippen molar-refractivity contribution in [1.29, 1.82) is 0 Å². The summed E-state index contributed by atoms with van der Waals surface area (Å²) in [6, 6.07) is 16.5. The smallest absolute Gasteiger partial charge is 0.228 e. The molecule has 0 aliphatic heterocycles. The van der Waals surface area contributed by atoms with Crippen LogP contribution in [0.3, 0.4) is 0 Å². The Morgan fingerprint density at radius 3 is 1.35 bits per heavy atom. The molecule has 0 bridgehead atoms. The predicted octanol–water partition coefficient (Wildman–Crippen LogP) is 4.34. The number of rotatable bonds is 4. The molecule has 0 fully saturated rings. The SMILES string of the molecule is FC(OC(F)c1ccccc1)c1ccccc1. The molecule has 0 spiro atoms. The predicted molar refractivity (Wildman–Crippen MR) is 61.7 cm³/mol. The fraction of sp³-hybridized carbons (Fsp3) is 0.143. The molecule has 0 amide bonds. The third-order valence-electron chi connectivity index (χ3n) is 2.36. The Bertz CT molecular complexity index is 401. The van der Waals surface area contributed by atoms with Gasteiger partial charge in [-0.2, -0.15) is 0 Å². The number of halogens is 2. The second kappa shape index (κ2) is 5.55. The number of benzene rings is 2. The van der Waals surface area contributed by atoms with Crippen molar-refractivity contribution in [2.24, 2.45) is 0 Å². The van der Waals surface area contributed by atoms with Crippen molar-refractivity contribution in [3.63, 3.8) is 0 Å². The van der Waals surface area contributed by atoms with Crippen molar-refractivity contribution in [3.05, 3.63) is 71.8 Å². The van der Waals surface area contributed by atoms with Crippen LogP contribution in [-0.4, -0.2) is 0 Å². The molecule has 0 saturated heterocycles. The number of ether oxygens (including phenoxy) is 1. The third-order valence-corrected chi connectivity index (χ3v) is 2.36. The summed E-state index contributed by atoms with van der Waals surface area (Å²) in [5, 5.41) is 0. The quantitative estimate of drug-likeness (QED) is 0.764. The summed E-state index contributed by atoms with van der Waals surface area (Å²) >= 11 is 0. The molecule has 2 aromatic carbocycles. The maximum atomic E-state index is 13.6. The van der Waals surface area contributed by atoms with Crippen molar-refractivity contribution in [2.75, 3.05) is 0 Å². The van der Waals surface area contributed by atoms with E-state index in [0.717, 1.165) is 0 Å². The first-order valence-corrected chi connectivity index (χ1v) is 5.31. The molecule has 17 heavy (non-hydrogen) atoms. The highest BCUT2D eigenvalue weighted by Gasteiger charge is 2.17. The van der Waals surface area contributed by atoms with Crippen LogP contribution in [0, 0.1) is 0 Å². The van der Waals surface area contributed by atoms with Gasteiger partial charge >= 0.3 is 0 Å². The maximum absolute atomic E-state index is 13.6. The highest BCUT2D eigenvalue weighted by Crippen LogP contribution is 2.28. The van der Waals surface area contributed by atoms with E-state index < -0.39 is 12.7 Å². The first-order valence-electron chi connectivity index (χ1n) is 5.31. The lowest BCUT2D eigenvalue weighted by Crippen LogP contribution is -2.02. The summed E-state index contributed by atoms with van der Waals surface area (Å²) in [7, 11) is 0. The van der Waals surface area contributed by atoms with Gasteiger partial charge in [-0.05, 0) is 0 Å². The Balaban J connectivity index is 2.02. The van der Waals surface area contributed by atoms with Crippen LogP contribution in [0.25, 0.3) is 0 Å². The van der Waals surface area contributed by atoms with E-state index in [9.17, 15) is 8.78 Å². The Morgan fingerprint density at radius 2 is 1.00 bits per heavy atom. The fourth-order valence-electron chi connectivity index (χ4n) is 1.47. The third kappa shape index (κ3) is 3.11. The van der Waals surface area contributed by atoms with Crippen molar-refractivity contribution < 1.29 is 13.5 Å². The zero-order valence-corrected chi connectivity index (χ0v) is 9.09. The van der Waals surface area contributed by atoms with Gasteiger partial charge in [0.2, 0.25) is 12.7 Å². The fourth-order valence-corrected chi connectivity index (χ4v) is 1.47. The van der Waals surface area contributed by atoms with Gasteiger partial charge in [0.1, 0.15) is 0 Å². The van der Waals surface area contributed by atoms with Gasteiger partial charge in [0.05, 0.1) is 0 Å². The number of hydrogen-bond acceptors (Lipinski definition) is 1. The lowest BCUT2D eigenvalue weighted by Gasteiger charge is -2.14. The van der Waals surface area contributed by atoms with E-state index in [-0.39, 0.29) is 0 Å². The summed E-state index contributed by atoms with van der Waals surface area (Å²) in [6.45, 7) is 0. The second-order valence-corrected chi connectivity index (χ2v) is 3.59. The summed E-state index contributed by atoms with van der Waals surface area (Å²) in [4.78, 5) is 0. The Labute approximate surface area is 98.7 Å². The van der Waals surface area contributed by atoms with Crippen LogP contribution in [0.4, 0.5) is 8.78 Å². The molecule has 3 heteroatoms. The minimum Gasteiger partial charge on any atom is -0.306 e. The standard InChI is InChI=1S/C14H12F2O/c15-13(11-7-3-1-4-8-11)17-14(16)12-9-5-2-6-10-12/h1-10,13-14H. The van der Waals surface area contributed by atoms with E-state index in [2.05, 4.69) is 4.74 Å². The summed E-state index contributed by atoms with van der Waals surface area (Å²) < 4.78 is 31.9. The van der Waals surface area contributed by atoms with Crippen molar-refractivity contribution >= 4 is 0 Å². The largest absolute Gasteiger partial charge is 0.306 e. The Morgan fingerprint density at radius 1 is 0.647 bits per heavy atom. The molecule has 1 nitrogen and oxygen atoms in total. The van der Waals surface area contributed by atoms with Crippen LogP contribution in [0.1, 0.15) is 23.8 Å². The summed E-state index contributed by atoms with van der Waals surface area (Å²) in [6.07, 6.45) is -3.52. The molecule has 88 valence electrons. The van der Waals surface area contributed by atoms with Crippen LogP contribution in [0.5, 0.6) is 0 Å². The highest BCUT2D eigenvalue weighted by atomic mass is 19.2. The van der Waals surface area contributed by atoms with Crippen molar-refractivity contribution in [2.45, 2.75) is 12.7 Å². The van der Waals surface area contributed by atoms with Crippen LogP contribution in [0.15, 0.2) is 60.7 Å². The van der Waals surface area contributed by atoms with E-state index in [4.69, 9.17) is 0 Å². The van der Waals surface area contributed by atoms with E-state index in [0.29, 0.717) is 11.1 Å². The van der Waals surface area contributed by atoms with Gasteiger partial charge in [0.15, 0.2) is 0 Å². The summed E-state index contributed by atoms with van der Waals surface area (Å²) in [5.41, 5.74) is 0.622. The first kappa shape index (κ1) is 11.7. The topological polar surface area (TPSA) is 9.23 Å². The van der Waals surface area contributed by atoms with Crippen LogP contribution in [0.2, 0.25) is 0 Å². The van der Waals surface area contributed by atoms with E-state index in [1.807, 2.05) is 0 Å². The Kier molecular flexibility index (Phi) is 3.83. The minimum absolute atomic E-state index is 0.311. The lowest BCUT2D eigenvalue weighted by molar-refractivity contribution is -0.145. The maximum Gasteiger partial charge on any atom is 0.228 e. The number of hydrogen-bond donors (Lipinski definition) is 0. The molecular formula is C14H12F2O. The van der Waals surface area contributed by atoms with Gasteiger partial charge in [-0.15, -0.1) is 0 Å². The van der Waals surface area contributed by atoms with E-state index >= 15 is 0 Å². The second-order valence-electron chi connectivity index (χ2n) is 3.59. The molecule has 2 aromatic rings. The zero-order valence-electron chi connectivity index (χ0n) is 9.09. The van der Waals surface area contributed by atoms with Gasteiger partial charge in [-0.25, -0.2) is 8.78 Å². The molecule has 0 aliphatic carbocycles. The molecule has 0 radical (unpaired) electrons. The molecule has 2 rings (SSSR count). The van der Waals surface area contributed by atoms with E-state index in [1.54, 1.807) is 60.7 Å². The average Bonchev–Trinajstić information content (AvgIpc) is 2.40. The molecule has 0 aliphatic rings. The molecular weight excluding hydrogens is 222 g/mol. The summed E-state index contributed by atoms with van der Waals surface area (Å²) in [5.74, 6) is 0. The molecule has 0 N–H and O–H groups in total. The average molecular weight is 234 g/mol. The highest BCUT2D eigenvalue weighted by molar-refractivity contribution is 5.18. The van der Waals surface area contributed by atoms with Crippen LogP contribution in [-0.2, 0) is 4.74 Å². The van der Waals surface area contributed by atoms with Gasteiger partial charge in [0.25, 0.3) is 0 Å². The molecule has 0 saturated carbocycles. The van der Waals surface area contributed by atoms with Crippen molar-refractivity contribution in [1.82, 2.24) is 0 Å². The monoisotopic (exact) mass is 234 g/mol. The van der Waals surface area contributed by atoms with Crippen molar-refractivity contribution in [3.8, 4) is 0 Å². The Hall–Kier alpha value is -1.74. The molecule has 0 aromatic heterocycles. The molecule has 2 unspecified atom stereocenters. The van der Waals surface area contributed by atoms with Gasteiger partial charge in [-0.3, -0.25) is 0 Å². The van der Waals surface area contributed by atoms with Crippen LogP contribution >= 0.6 is 0 Å². The zero-order chi connectivity index (χ0) is 12.1. The van der Waals surface area contributed by atoms with Crippen LogP contribution < -0.4 is 0 Å². The number of alkyl halides is 2. The van der Waals surface area contributed by atoms with Gasteiger partial charge in [-0.1, -0.05) is 60.7 Å². The molecule has 2 atom stereocenters. The minimum atomic E-state index is -1.76. The molecule has 0 heterocycles. The lowest BCUT2D eigenvalue weighted by atomic mass is 10.2. The normalized spacial score (nSPS) is 14.2. The first-order chi connectivity index (χ1) is 8.27. The van der Waals surface area contributed by atoms with Gasteiger partial charge < -0.3 is 4.74 Å². The van der Waals surface area contributed by atoms with E-state index in [1.165, 1.54) is 0 Å². The van der Waals surface area contributed by atoms with Gasteiger partial charge in [0, 0.05) is 11.1 Å².